The highest BCUT2D eigenvalue weighted by atomic mass is 35.5. The third kappa shape index (κ3) is 3.63. The van der Waals surface area contributed by atoms with Crippen LogP contribution in [0.5, 0.6) is 5.75 Å². The lowest BCUT2D eigenvalue weighted by atomic mass is 10.1. The molecule has 7 heteroatoms. The second kappa shape index (κ2) is 6.76. The van der Waals surface area contributed by atoms with Crippen LogP contribution in [0.15, 0.2) is 17.0 Å². The summed E-state index contributed by atoms with van der Waals surface area (Å²) in [6, 6.07) is 3.52. The van der Waals surface area contributed by atoms with Crippen LogP contribution in [0.2, 0.25) is 0 Å². The van der Waals surface area contributed by atoms with E-state index in [1.54, 1.807) is 6.07 Å². The number of hydrogen-bond acceptors (Lipinski definition) is 4. The molecule has 0 amide bonds. The van der Waals surface area contributed by atoms with Gasteiger partial charge in [-0.2, -0.15) is 0 Å². The van der Waals surface area contributed by atoms with Crippen LogP contribution >= 0.6 is 12.4 Å². The third-order valence-corrected chi connectivity index (χ3v) is 4.79. The van der Waals surface area contributed by atoms with Crippen LogP contribution in [0.25, 0.3) is 0 Å². The zero-order valence-corrected chi connectivity index (χ0v) is 13.5. The van der Waals surface area contributed by atoms with Gasteiger partial charge in [0.1, 0.15) is 10.6 Å². The average molecular weight is 321 g/mol. The van der Waals surface area contributed by atoms with Crippen LogP contribution in [0.4, 0.5) is 0 Å². The number of benzene rings is 1. The van der Waals surface area contributed by atoms with Crippen molar-refractivity contribution in [2.24, 2.45) is 0 Å². The lowest BCUT2D eigenvalue weighted by Crippen LogP contribution is -2.36. The predicted molar refractivity (Wildman–Crippen MR) is 81.3 cm³/mol. The van der Waals surface area contributed by atoms with Crippen molar-refractivity contribution in [3.05, 3.63) is 23.3 Å². The van der Waals surface area contributed by atoms with Crippen molar-refractivity contribution in [3.63, 3.8) is 0 Å². The highest BCUT2D eigenvalue weighted by Gasteiger charge is 2.26. The van der Waals surface area contributed by atoms with E-state index in [0.29, 0.717) is 12.3 Å². The van der Waals surface area contributed by atoms with Crippen molar-refractivity contribution in [3.8, 4) is 5.75 Å². The van der Waals surface area contributed by atoms with E-state index in [0.717, 1.165) is 24.1 Å². The summed E-state index contributed by atoms with van der Waals surface area (Å²) in [6.45, 7) is 5.24. The molecule has 1 aromatic rings. The molecule has 0 radical (unpaired) electrons. The minimum atomic E-state index is -3.55. The summed E-state index contributed by atoms with van der Waals surface area (Å²) < 4.78 is 32.9. The summed E-state index contributed by atoms with van der Waals surface area (Å²) in [5.74, 6) is 0.420. The lowest BCUT2D eigenvalue weighted by molar-refractivity contribution is 0.398. The van der Waals surface area contributed by atoms with Crippen molar-refractivity contribution < 1.29 is 13.2 Å². The Morgan fingerprint density at radius 1 is 1.35 bits per heavy atom. The van der Waals surface area contributed by atoms with E-state index in [9.17, 15) is 8.42 Å². The first-order valence-electron chi connectivity index (χ1n) is 6.32. The number of methoxy groups -OCH3 is 1. The molecule has 1 aliphatic heterocycles. The highest BCUT2D eigenvalue weighted by Crippen LogP contribution is 2.29. The first-order chi connectivity index (χ1) is 8.94. The summed E-state index contributed by atoms with van der Waals surface area (Å²) in [5.41, 5.74) is 1.73. The zero-order valence-electron chi connectivity index (χ0n) is 11.9. The van der Waals surface area contributed by atoms with Gasteiger partial charge in [0.15, 0.2) is 0 Å². The predicted octanol–water partition coefficient (Wildman–Crippen LogP) is 1.37. The highest BCUT2D eigenvalue weighted by molar-refractivity contribution is 7.89. The number of aryl methyl sites for hydroxylation is 2. The summed E-state index contributed by atoms with van der Waals surface area (Å²) in [7, 11) is -2.05. The molecule has 0 aliphatic carbocycles. The van der Waals surface area contributed by atoms with Gasteiger partial charge in [-0.05, 0) is 44.0 Å². The summed E-state index contributed by atoms with van der Waals surface area (Å²) >= 11 is 0. The quantitative estimate of drug-likeness (QED) is 0.879. The Balaban J connectivity index is 0.00000200. The van der Waals surface area contributed by atoms with Crippen molar-refractivity contribution in [2.45, 2.75) is 31.2 Å². The van der Waals surface area contributed by atoms with E-state index >= 15 is 0 Å². The van der Waals surface area contributed by atoms with Crippen LogP contribution in [-0.4, -0.2) is 34.7 Å². The maximum absolute atomic E-state index is 12.5. The van der Waals surface area contributed by atoms with Gasteiger partial charge in [-0.15, -0.1) is 12.4 Å². The number of halogens is 1. The second-order valence-electron chi connectivity index (χ2n) is 4.92. The molecule has 1 fully saturated rings. The van der Waals surface area contributed by atoms with E-state index in [-0.39, 0.29) is 23.3 Å². The van der Waals surface area contributed by atoms with E-state index in [4.69, 9.17) is 4.74 Å². The second-order valence-corrected chi connectivity index (χ2v) is 6.61. The van der Waals surface area contributed by atoms with E-state index in [1.165, 1.54) is 7.11 Å². The zero-order chi connectivity index (χ0) is 14.0. The Morgan fingerprint density at radius 3 is 2.60 bits per heavy atom. The number of nitrogens with one attached hydrogen (secondary N) is 2. The van der Waals surface area contributed by atoms with Gasteiger partial charge in [0.05, 0.1) is 7.11 Å². The first-order valence-corrected chi connectivity index (χ1v) is 7.80. The summed E-state index contributed by atoms with van der Waals surface area (Å²) in [6.07, 6.45) is 0.812. The fourth-order valence-electron chi connectivity index (χ4n) is 2.41. The fraction of sp³-hybridized carbons (Fsp3) is 0.538. The van der Waals surface area contributed by atoms with Crippen LogP contribution < -0.4 is 14.8 Å². The maximum atomic E-state index is 12.5. The minimum absolute atomic E-state index is 0. The van der Waals surface area contributed by atoms with Crippen LogP contribution in [0.1, 0.15) is 17.5 Å². The molecule has 5 nitrogen and oxygen atoms in total. The summed E-state index contributed by atoms with van der Waals surface area (Å²) in [4.78, 5) is 0.222. The maximum Gasteiger partial charge on any atom is 0.244 e. The van der Waals surface area contributed by atoms with Gasteiger partial charge in [0.2, 0.25) is 10.0 Å². The molecule has 1 aliphatic rings. The Kier molecular flexibility index (Phi) is 5.82. The fourth-order valence-corrected chi connectivity index (χ4v) is 4.01. The van der Waals surface area contributed by atoms with E-state index in [2.05, 4.69) is 10.0 Å². The van der Waals surface area contributed by atoms with Gasteiger partial charge < -0.3 is 10.1 Å². The van der Waals surface area contributed by atoms with Crippen molar-refractivity contribution in [2.75, 3.05) is 20.2 Å². The molecular formula is C13H21ClN2O3S. The number of sulfonamides is 1. The lowest BCUT2D eigenvalue weighted by Gasteiger charge is -2.16. The Morgan fingerprint density at radius 2 is 2.05 bits per heavy atom. The van der Waals surface area contributed by atoms with Crippen molar-refractivity contribution in [1.29, 1.82) is 0 Å². The molecule has 0 spiro atoms. The van der Waals surface area contributed by atoms with Gasteiger partial charge in [-0.1, -0.05) is 6.07 Å². The SMILES string of the molecule is COc1c(C)cc(C)cc1S(=O)(=O)NC1CCNC1.Cl. The molecule has 0 saturated carbocycles. The monoisotopic (exact) mass is 320 g/mol. The summed E-state index contributed by atoms with van der Waals surface area (Å²) in [5, 5.41) is 3.14. The normalized spacial score (nSPS) is 18.6. The average Bonchev–Trinajstić information content (AvgIpc) is 2.80. The van der Waals surface area contributed by atoms with Crippen LogP contribution in [-0.2, 0) is 10.0 Å². The van der Waals surface area contributed by atoms with E-state index in [1.807, 2.05) is 19.9 Å². The molecule has 114 valence electrons. The standard InChI is InChI=1S/C13H20N2O3S.ClH/c1-9-6-10(2)13(18-3)12(7-9)19(16,17)15-11-4-5-14-8-11;/h6-7,11,14-15H,4-5,8H2,1-3H3;1H. The van der Waals surface area contributed by atoms with E-state index < -0.39 is 10.0 Å². The Labute approximate surface area is 126 Å². The van der Waals surface area contributed by atoms with Gasteiger partial charge >= 0.3 is 0 Å². The largest absolute Gasteiger partial charge is 0.495 e. The Bertz CT molecular complexity index is 569. The first kappa shape index (κ1) is 17.2. The van der Waals surface area contributed by atoms with Gasteiger partial charge in [0.25, 0.3) is 0 Å². The number of ether oxygens (including phenoxy) is 1. The molecule has 0 bridgehead atoms. The Hall–Kier alpha value is -0.820. The van der Waals surface area contributed by atoms with Crippen molar-refractivity contribution in [1.82, 2.24) is 10.0 Å². The van der Waals surface area contributed by atoms with Gasteiger partial charge in [0, 0.05) is 12.6 Å². The van der Waals surface area contributed by atoms with Crippen molar-refractivity contribution >= 4 is 22.4 Å². The van der Waals surface area contributed by atoms with Gasteiger partial charge in [-0.25, -0.2) is 13.1 Å². The minimum Gasteiger partial charge on any atom is -0.495 e. The topological polar surface area (TPSA) is 67.4 Å². The van der Waals surface area contributed by atoms with Crippen LogP contribution in [0, 0.1) is 13.8 Å². The smallest absolute Gasteiger partial charge is 0.244 e. The molecule has 2 rings (SSSR count). The molecule has 1 unspecified atom stereocenters. The molecule has 1 atom stereocenters. The number of hydrogen-bond donors (Lipinski definition) is 2. The van der Waals surface area contributed by atoms with Crippen LogP contribution in [0.3, 0.4) is 0 Å². The molecule has 1 saturated heterocycles. The third-order valence-electron chi connectivity index (χ3n) is 3.26. The molecule has 1 heterocycles. The molecule has 20 heavy (non-hydrogen) atoms. The number of rotatable bonds is 4. The molecule has 0 aromatic heterocycles. The molecule has 1 aromatic carbocycles. The molecular weight excluding hydrogens is 300 g/mol. The molecule has 2 N–H and O–H groups in total. The van der Waals surface area contributed by atoms with Gasteiger partial charge in [-0.3, -0.25) is 0 Å².